The minimum absolute atomic E-state index is 0.315. The summed E-state index contributed by atoms with van der Waals surface area (Å²) in [6.45, 7) is 0. The van der Waals surface area contributed by atoms with E-state index in [0.717, 1.165) is 12.1 Å². The number of aromatic hydroxyl groups is 4. The van der Waals surface area contributed by atoms with E-state index in [0.29, 0.717) is 0 Å². The molecule has 0 bridgehead atoms. The normalized spacial score (nSPS) is 11.8. The molecule has 0 heterocycles. The fourth-order valence-electron chi connectivity index (χ4n) is 1.70. The van der Waals surface area contributed by atoms with Crippen LogP contribution in [-0.4, -0.2) is 33.4 Å². The van der Waals surface area contributed by atoms with Crippen molar-refractivity contribution in [3.05, 3.63) is 18.2 Å². The molecule has 0 aliphatic heterocycles. The van der Waals surface area contributed by atoms with Gasteiger partial charge in [0, 0.05) is 5.39 Å². The zero-order valence-corrected chi connectivity index (χ0v) is 9.51. The Morgan fingerprint density at radius 3 is 2.06 bits per heavy atom. The maximum absolute atomic E-state index is 11.2. The molecule has 0 aliphatic carbocycles. The van der Waals surface area contributed by atoms with E-state index in [-0.39, 0.29) is 10.8 Å². The van der Waals surface area contributed by atoms with Gasteiger partial charge in [-0.2, -0.15) is 8.42 Å². The van der Waals surface area contributed by atoms with Crippen LogP contribution < -0.4 is 0 Å². The molecule has 0 aliphatic rings. The first-order valence-electron chi connectivity index (χ1n) is 4.61. The van der Waals surface area contributed by atoms with Crippen molar-refractivity contribution < 1.29 is 33.4 Å². The monoisotopic (exact) mass is 272 g/mol. The summed E-state index contributed by atoms with van der Waals surface area (Å²) in [6, 6.07) is 3.55. The smallest absolute Gasteiger partial charge is 0.299 e. The summed E-state index contributed by atoms with van der Waals surface area (Å²) in [6.07, 6.45) is 0. The quantitative estimate of drug-likeness (QED) is 0.384. The zero-order valence-electron chi connectivity index (χ0n) is 8.69. The molecule has 0 amide bonds. The summed E-state index contributed by atoms with van der Waals surface area (Å²) in [5.41, 5.74) is 0. The number of fused-ring (bicyclic) bond motifs is 1. The summed E-state index contributed by atoms with van der Waals surface area (Å²) in [7, 11) is -4.85. The molecule has 0 fully saturated rings. The van der Waals surface area contributed by atoms with Crippen molar-refractivity contribution in [1.29, 1.82) is 0 Å². The lowest BCUT2D eigenvalue weighted by atomic mass is 10.1. The van der Waals surface area contributed by atoms with E-state index in [1.54, 1.807) is 0 Å². The van der Waals surface area contributed by atoms with Crippen molar-refractivity contribution in [3.63, 3.8) is 0 Å². The van der Waals surface area contributed by atoms with Gasteiger partial charge in [-0.15, -0.1) is 0 Å². The van der Waals surface area contributed by atoms with Crippen LogP contribution in [-0.2, 0) is 10.1 Å². The van der Waals surface area contributed by atoms with E-state index in [9.17, 15) is 28.8 Å². The first kappa shape index (κ1) is 12.3. The highest BCUT2D eigenvalue weighted by atomic mass is 32.2. The summed E-state index contributed by atoms with van der Waals surface area (Å²) >= 11 is 0. The summed E-state index contributed by atoms with van der Waals surface area (Å²) < 4.78 is 31.3. The second-order valence-corrected chi connectivity index (χ2v) is 4.91. The molecule has 0 atom stereocenters. The van der Waals surface area contributed by atoms with Gasteiger partial charge in [0.15, 0.2) is 11.5 Å². The van der Waals surface area contributed by atoms with E-state index in [2.05, 4.69) is 0 Å². The predicted molar refractivity (Wildman–Crippen MR) is 60.4 cm³/mol. The molecule has 0 radical (unpaired) electrons. The lowest BCUT2D eigenvalue weighted by molar-refractivity contribution is 0.361. The van der Waals surface area contributed by atoms with Crippen LogP contribution >= 0.6 is 0 Å². The molecule has 0 aromatic heterocycles. The van der Waals surface area contributed by atoms with Crippen molar-refractivity contribution in [2.75, 3.05) is 0 Å². The molecule has 2 aromatic rings. The summed E-state index contributed by atoms with van der Waals surface area (Å²) in [5.74, 6) is -3.72. The maximum Gasteiger partial charge on any atom is 0.299 e. The van der Waals surface area contributed by atoms with Crippen LogP contribution in [0, 0.1) is 0 Å². The lowest BCUT2D eigenvalue weighted by Gasteiger charge is -2.11. The number of phenols is 4. The maximum atomic E-state index is 11.2. The number of hydrogen-bond acceptors (Lipinski definition) is 6. The zero-order chi connectivity index (χ0) is 13.7. The Bertz CT molecular complexity index is 749. The van der Waals surface area contributed by atoms with Gasteiger partial charge < -0.3 is 20.4 Å². The van der Waals surface area contributed by atoms with Gasteiger partial charge in [0.25, 0.3) is 10.1 Å². The number of rotatable bonds is 1. The van der Waals surface area contributed by atoms with E-state index >= 15 is 0 Å². The van der Waals surface area contributed by atoms with Gasteiger partial charge in [0.05, 0.1) is 5.39 Å². The van der Waals surface area contributed by atoms with E-state index < -0.39 is 38.0 Å². The molecule has 0 unspecified atom stereocenters. The molecule has 8 heteroatoms. The van der Waals surface area contributed by atoms with Gasteiger partial charge in [-0.3, -0.25) is 4.55 Å². The fourth-order valence-corrected chi connectivity index (χ4v) is 2.49. The van der Waals surface area contributed by atoms with Gasteiger partial charge in [-0.05, 0) is 6.07 Å². The molecular formula is C10H8O7S. The molecule has 2 aromatic carbocycles. The molecule has 2 rings (SSSR count). The van der Waals surface area contributed by atoms with Gasteiger partial charge in [-0.25, -0.2) is 0 Å². The third-order valence-electron chi connectivity index (χ3n) is 2.45. The van der Waals surface area contributed by atoms with Crippen LogP contribution in [0.1, 0.15) is 0 Å². The highest BCUT2D eigenvalue weighted by Crippen LogP contribution is 2.49. The summed E-state index contributed by atoms with van der Waals surface area (Å²) in [4.78, 5) is -0.983. The third-order valence-corrected chi connectivity index (χ3v) is 3.37. The Balaban J connectivity index is 3.18. The van der Waals surface area contributed by atoms with Crippen molar-refractivity contribution >= 4 is 20.9 Å². The second kappa shape index (κ2) is 3.65. The van der Waals surface area contributed by atoms with Crippen LogP contribution in [0.3, 0.4) is 0 Å². The molecule has 0 saturated carbocycles. The highest BCUT2D eigenvalue weighted by molar-refractivity contribution is 7.86. The largest absolute Gasteiger partial charge is 0.507 e. The average Bonchev–Trinajstić information content (AvgIpc) is 2.24. The fraction of sp³-hybridized carbons (Fsp3) is 0. The van der Waals surface area contributed by atoms with Gasteiger partial charge in [0.2, 0.25) is 5.75 Å². The van der Waals surface area contributed by atoms with Gasteiger partial charge in [0.1, 0.15) is 10.6 Å². The van der Waals surface area contributed by atoms with Crippen LogP contribution in [0.2, 0.25) is 0 Å². The highest BCUT2D eigenvalue weighted by Gasteiger charge is 2.27. The topological polar surface area (TPSA) is 135 Å². The lowest BCUT2D eigenvalue weighted by Crippen LogP contribution is -2.00. The van der Waals surface area contributed by atoms with Crippen LogP contribution in [0.5, 0.6) is 23.0 Å². The molecular weight excluding hydrogens is 264 g/mol. The average molecular weight is 272 g/mol. The van der Waals surface area contributed by atoms with Crippen LogP contribution in [0.25, 0.3) is 10.8 Å². The van der Waals surface area contributed by atoms with E-state index in [4.69, 9.17) is 4.55 Å². The minimum atomic E-state index is -4.85. The Morgan fingerprint density at radius 2 is 1.50 bits per heavy atom. The first-order chi connectivity index (χ1) is 8.25. The minimum Gasteiger partial charge on any atom is -0.507 e. The van der Waals surface area contributed by atoms with Crippen molar-refractivity contribution in [3.8, 4) is 23.0 Å². The first-order valence-corrected chi connectivity index (χ1v) is 6.05. The Hall–Kier alpha value is -2.19. The Labute approximate surface area is 101 Å². The molecule has 18 heavy (non-hydrogen) atoms. The van der Waals surface area contributed by atoms with E-state index in [1.165, 1.54) is 6.07 Å². The molecule has 0 spiro atoms. The van der Waals surface area contributed by atoms with Crippen molar-refractivity contribution in [1.82, 2.24) is 0 Å². The Morgan fingerprint density at radius 1 is 0.889 bits per heavy atom. The standard InChI is InChI=1S/C10H8O7S/c11-5-3-1-2-4-6(5)7(12)8(13)9(14)10(4)18(15,16)17/h1-3,11-14H,(H,15,16,17). The second-order valence-electron chi connectivity index (χ2n) is 3.55. The third kappa shape index (κ3) is 1.59. The van der Waals surface area contributed by atoms with Crippen molar-refractivity contribution in [2.45, 2.75) is 4.90 Å². The van der Waals surface area contributed by atoms with Crippen molar-refractivity contribution in [2.24, 2.45) is 0 Å². The van der Waals surface area contributed by atoms with Gasteiger partial charge in [-0.1, -0.05) is 12.1 Å². The molecule has 0 saturated heterocycles. The SMILES string of the molecule is O=S(=O)(O)c1c(O)c(O)c(O)c2c(O)cccc12. The van der Waals surface area contributed by atoms with Gasteiger partial charge >= 0.3 is 0 Å². The number of benzene rings is 2. The molecule has 7 nitrogen and oxygen atoms in total. The van der Waals surface area contributed by atoms with E-state index in [1.807, 2.05) is 0 Å². The predicted octanol–water partition coefficient (Wildman–Crippen LogP) is 0.909. The molecule has 5 N–H and O–H groups in total. The number of hydrogen-bond donors (Lipinski definition) is 5. The van der Waals surface area contributed by atoms with Crippen LogP contribution in [0.4, 0.5) is 0 Å². The summed E-state index contributed by atoms with van der Waals surface area (Å²) in [5, 5.41) is 37.2. The van der Waals surface area contributed by atoms with Crippen LogP contribution in [0.15, 0.2) is 23.1 Å². The molecule has 96 valence electrons. The Kier molecular flexibility index (Phi) is 2.49. The number of phenolic OH excluding ortho intramolecular Hbond substituents is 4.